The average Bonchev–Trinajstić information content (AvgIpc) is 3.05. The number of fused-ring (bicyclic) bond motifs is 3. The molecule has 0 aliphatic heterocycles. The molecule has 0 bridgehead atoms. The molecule has 0 spiro atoms. The van der Waals surface area contributed by atoms with Gasteiger partial charge in [0.2, 0.25) is 15.9 Å². The molecular formula is C26H29N3O3S. The fourth-order valence-electron chi connectivity index (χ4n) is 4.69. The number of hydrogen-bond donors (Lipinski definition) is 1. The number of aromatic nitrogens is 1. The Kier molecular flexibility index (Phi) is 6.03. The van der Waals surface area contributed by atoms with E-state index in [0.717, 1.165) is 38.2 Å². The molecule has 172 valence electrons. The van der Waals surface area contributed by atoms with Crippen molar-refractivity contribution in [1.82, 2.24) is 8.87 Å². The summed E-state index contributed by atoms with van der Waals surface area (Å²) in [6.45, 7) is 8.17. The Morgan fingerprint density at radius 1 is 0.939 bits per heavy atom. The van der Waals surface area contributed by atoms with Crippen LogP contribution < -0.4 is 5.32 Å². The molecule has 0 aliphatic rings. The molecule has 0 aliphatic carbocycles. The summed E-state index contributed by atoms with van der Waals surface area (Å²) in [7, 11) is -2.36. The summed E-state index contributed by atoms with van der Waals surface area (Å²) in [5.74, 6) is -0.387. The molecule has 0 unspecified atom stereocenters. The smallest absolute Gasteiger partial charge is 0.243 e. The summed E-state index contributed by atoms with van der Waals surface area (Å²) in [5.41, 5.74) is 5.24. The number of amides is 1. The first-order chi connectivity index (χ1) is 15.6. The number of para-hydroxylation sites is 1. The van der Waals surface area contributed by atoms with Gasteiger partial charge in [0, 0.05) is 41.1 Å². The van der Waals surface area contributed by atoms with Crippen LogP contribution in [0, 0.1) is 20.8 Å². The molecule has 1 aromatic heterocycles. The second kappa shape index (κ2) is 8.65. The van der Waals surface area contributed by atoms with E-state index >= 15 is 0 Å². The largest absolute Gasteiger partial charge is 0.341 e. The van der Waals surface area contributed by atoms with Crippen LogP contribution in [0.2, 0.25) is 0 Å². The molecule has 1 amide bonds. The lowest BCUT2D eigenvalue weighted by Gasteiger charge is -2.20. The Balaban J connectivity index is 1.58. The molecule has 33 heavy (non-hydrogen) atoms. The quantitative estimate of drug-likeness (QED) is 0.437. The molecule has 0 saturated heterocycles. The summed E-state index contributed by atoms with van der Waals surface area (Å²) in [4.78, 5) is 13.0. The van der Waals surface area contributed by atoms with Gasteiger partial charge in [-0.25, -0.2) is 8.42 Å². The monoisotopic (exact) mass is 463 g/mol. The molecule has 0 fully saturated rings. The standard InChI is InChI=1S/C26H29N3O3S/c1-6-29-23-10-8-7-9-21(23)22-15-20(11-12-24(22)29)27-25(30)16-28(5)33(31,32)26-18(3)13-17(2)14-19(26)4/h7-15H,6,16H2,1-5H3,(H,27,30). The third-order valence-corrected chi connectivity index (χ3v) is 8.12. The van der Waals surface area contributed by atoms with Crippen LogP contribution in [0.15, 0.2) is 59.5 Å². The number of nitrogens with one attached hydrogen (secondary N) is 1. The van der Waals surface area contributed by atoms with Crippen LogP contribution in [0.25, 0.3) is 21.8 Å². The molecule has 0 radical (unpaired) electrons. The van der Waals surface area contributed by atoms with E-state index in [1.54, 1.807) is 13.8 Å². The van der Waals surface area contributed by atoms with Crippen molar-refractivity contribution in [2.24, 2.45) is 0 Å². The molecular weight excluding hydrogens is 434 g/mol. The Morgan fingerprint density at radius 3 is 2.24 bits per heavy atom. The van der Waals surface area contributed by atoms with Crippen molar-refractivity contribution in [2.75, 3.05) is 18.9 Å². The van der Waals surface area contributed by atoms with Gasteiger partial charge in [0.05, 0.1) is 11.4 Å². The summed E-state index contributed by atoms with van der Waals surface area (Å²) < 4.78 is 29.7. The van der Waals surface area contributed by atoms with Gasteiger partial charge in [-0.3, -0.25) is 4.79 Å². The van der Waals surface area contributed by atoms with E-state index in [9.17, 15) is 13.2 Å². The normalized spacial score (nSPS) is 12.1. The van der Waals surface area contributed by atoms with Crippen LogP contribution in [0.3, 0.4) is 0 Å². The fourth-order valence-corrected chi connectivity index (χ4v) is 6.22. The topological polar surface area (TPSA) is 71.4 Å². The number of carbonyl (C=O) groups excluding carboxylic acids is 1. The first kappa shape index (κ1) is 23.0. The molecule has 7 heteroatoms. The van der Waals surface area contributed by atoms with Crippen molar-refractivity contribution < 1.29 is 13.2 Å². The van der Waals surface area contributed by atoms with Gasteiger partial charge in [0.15, 0.2) is 0 Å². The number of benzene rings is 3. The van der Waals surface area contributed by atoms with E-state index in [4.69, 9.17) is 0 Å². The van der Waals surface area contributed by atoms with Gasteiger partial charge in [-0.05, 0) is 63.1 Å². The Hall–Kier alpha value is -3.16. The highest BCUT2D eigenvalue weighted by atomic mass is 32.2. The summed E-state index contributed by atoms with van der Waals surface area (Å²) in [5, 5.41) is 5.04. The van der Waals surface area contributed by atoms with Crippen molar-refractivity contribution in [3.63, 3.8) is 0 Å². The van der Waals surface area contributed by atoms with Crippen molar-refractivity contribution in [3.05, 3.63) is 71.3 Å². The van der Waals surface area contributed by atoms with E-state index in [1.165, 1.54) is 7.05 Å². The first-order valence-corrected chi connectivity index (χ1v) is 12.4. The van der Waals surface area contributed by atoms with Gasteiger partial charge in [-0.2, -0.15) is 4.31 Å². The molecule has 1 N–H and O–H groups in total. The predicted octanol–water partition coefficient (Wildman–Crippen LogP) is 5.00. The van der Waals surface area contributed by atoms with Crippen LogP contribution in [-0.2, 0) is 21.4 Å². The zero-order valence-corrected chi connectivity index (χ0v) is 20.5. The van der Waals surface area contributed by atoms with Gasteiger partial charge in [-0.1, -0.05) is 35.9 Å². The van der Waals surface area contributed by atoms with Crippen LogP contribution in [0.5, 0.6) is 0 Å². The maximum atomic E-state index is 13.2. The second-order valence-electron chi connectivity index (χ2n) is 8.53. The highest BCUT2D eigenvalue weighted by molar-refractivity contribution is 7.89. The van der Waals surface area contributed by atoms with Crippen molar-refractivity contribution in [3.8, 4) is 0 Å². The minimum Gasteiger partial charge on any atom is -0.341 e. The molecule has 4 aromatic rings. The Morgan fingerprint density at radius 2 is 1.58 bits per heavy atom. The van der Waals surface area contributed by atoms with E-state index in [1.807, 2.05) is 49.4 Å². The van der Waals surface area contributed by atoms with Crippen LogP contribution in [0.1, 0.15) is 23.6 Å². The van der Waals surface area contributed by atoms with Crippen LogP contribution in [0.4, 0.5) is 5.69 Å². The number of rotatable bonds is 6. The predicted molar refractivity (Wildman–Crippen MR) is 134 cm³/mol. The number of sulfonamides is 1. The van der Waals surface area contributed by atoms with E-state index in [0.29, 0.717) is 16.8 Å². The number of nitrogens with zero attached hydrogens (tertiary/aromatic N) is 2. The SMILES string of the molecule is CCn1c2ccccc2c2cc(NC(=O)CN(C)S(=O)(=O)c3c(C)cc(C)cc3C)ccc21. The zero-order chi connectivity index (χ0) is 23.9. The van der Waals surface area contributed by atoms with Crippen molar-refractivity contribution in [2.45, 2.75) is 39.1 Å². The molecule has 1 heterocycles. The van der Waals surface area contributed by atoms with E-state index < -0.39 is 10.0 Å². The summed E-state index contributed by atoms with van der Waals surface area (Å²) in [6.07, 6.45) is 0. The van der Waals surface area contributed by atoms with Gasteiger partial charge < -0.3 is 9.88 Å². The highest BCUT2D eigenvalue weighted by Gasteiger charge is 2.26. The highest BCUT2D eigenvalue weighted by Crippen LogP contribution is 2.31. The summed E-state index contributed by atoms with van der Waals surface area (Å²) in [6, 6.07) is 17.7. The lowest BCUT2D eigenvalue weighted by Crippen LogP contribution is -2.35. The maximum Gasteiger partial charge on any atom is 0.243 e. The first-order valence-electron chi connectivity index (χ1n) is 11.0. The van der Waals surface area contributed by atoms with E-state index in [-0.39, 0.29) is 17.3 Å². The van der Waals surface area contributed by atoms with Crippen LogP contribution >= 0.6 is 0 Å². The fraction of sp³-hybridized carbons (Fsp3) is 0.269. The molecule has 6 nitrogen and oxygen atoms in total. The lowest BCUT2D eigenvalue weighted by atomic mass is 10.1. The summed E-state index contributed by atoms with van der Waals surface area (Å²) >= 11 is 0. The lowest BCUT2D eigenvalue weighted by molar-refractivity contribution is -0.116. The van der Waals surface area contributed by atoms with E-state index in [2.05, 4.69) is 28.9 Å². The maximum absolute atomic E-state index is 13.2. The molecule has 0 atom stereocenters. The number of anilines is 1. The molecule has 0 saturated carbocycles. The Bertz CT molecular complexity index is 1460. The number of carbonyl (C=O) groups is 1. The van der Waals surface area contributed by atoms with Crippen LogP contribution in [-0.4, -0.2) is 36.8 Å². The third kappa shape index (κ3) is 4.14. The van der Waals surface area contributed by atoms with Crippen molar-refractivity contribution >= 4 is 43.4 Å². The number of hydrogen-bond acceptors (Lipinski definition) is 3. The minimum atomic E-state index is -3.80. The zero-order valence-electron chi connectivity index (χ0n) is 19.6. The average molecular weight is 464 g/mol. The van der Waals surface area contributed by atoms with Gasteiger partial charge in [-0.15, -0.1) is 0 Å². The minimum absolute atomic E-state index is 0.261. The third-order valence-electron chi connectivity index (χ3n) is 6.01. The molecule has 3 aromatic carbocycles. The number of likely N-dealkylation sites (N-methyl/N-ethyl adjacent to an activating group) is 1. The van der Waals surface area contributed by atoms with Crippen molar-refractivity contribution in [1.29, 1.82) is 0 Å². The van der Waals surface area contributed by atoms with Gasteiger partial charge in [0.1, 0.15) is 0 Å². The molecule has 4 rings (SSSR count). The van der Waals surface area contributed by atoms with Gasteiger partial charge in [0.25, 0.3) is 0 Å². The van der Waals surface area contributed by atoms with Gasteiger partial charge >= 0.3 is 0 Å². The second-order valence-corrected chi connectivity index (χ2v) is 10.5. The number of aryl methyl sites for hydroxylation is 4. The Labute approximate surface area is 194 Å².